The van der Waals surface area contributed by atoms with Crippen LogP contribution in [0.5, 0.6) is 0 Å². The molecule has 2 aromatic carbocycles. The van der Waals surface area contributed by atoms with Gasteiger partial charge in [0.2, 0.25) is 0 Å². The average molecular weight is 290 g/mol. The fourth-order valence-electron chi connectivity index (χ4n) is 2.28. The minimum atomic E-state index is -0.240. The fourth-order valence-corrected chi connectivity index (χ4v) is 2.28. The van der Waals surface area contributed by atoms with Crippen molar-refractivity contribution >= 4 is 5.69 Å². The maximum atomic E-state index is 13.4. The predicted octanol–water partition coefficient (Wildman–Crippen LogP) is 3.71. The molecule has 0 atom stereocenters. The molecule has 0 heterocycles. The number of nitrogens with zero attached hydrogens (tertiary/aromatic N) is 1. The van der Waals surface area contributed by atoms with Gasteiger partial charge in [-0.2, -0.15) is 0 Å². The molecule has 0 aromatic heterocycles. The van der Waals surface area contributed by atoms with E-state index in [2.05, 4.69) is 5.32 Å². The molecule has 0 spiro atoms. The third-order valence-corrected chi connectivity index (χ3v) is 3.35. The molecule has 0 saturated heterocycles. The van der Waals surface area contributed by atoms with E-state index in [1.807, 2.05) is 18.9 Å². The van der Waals surface area contributed by atoms with Gasteiger partial charge in [0, 0.05) is 25.8 Å². The Bertz CT molecular complexity index is 582. The Morgan fingerprint density at radius 2 is 1.67 bits per heavy atom. The minimum Gasteiger partial charge on any atom is -0.370 e. The van der Waals surface area contributed by atoms with Crippen molar-refractivity contribution in [2.24, 2.45) is 0 Å². The van der Waals surface area contributed by atoms with Crippen molar-refractivity contribution in [1.29, 1.82) is 0 Å². The van der Waals surface area contributed by atoms with Gasteiger partial charge in [0.1, 0.15) is 11.6 Å². The first-order valence-electron chi connectivity index (χ1n) is 7.05. The number of hydrogen-bond acceptors (Lipinski definition) is 2. The van der Waals surface area contributed by atoms with Crippen molar-refractivity contribution in [1.82, 2.24) is 5.32 Å². The van der Waals surface area contributed by atoms with Crippen LogP contribution in [0.3, 0.4) is 0 Å². The molecule has 0 fully saturated rings. The van der Waals surface area contributed by atoms with E-state index in [-0.39, 0.29) is 11.6 Å². The molecule has 4 heteroatoms. The van der Waals surface area contributed by atoms with Gasteiger partial charge >= 0.3 is 0 Å². The van der Waals surface area contributed by atoms with Crippen LogP contribution in [0.1, 0.15) is 18.1 Å². The van der Waals surface area contributed by atoms with E-state index in [9.17, 15) is 8.78 Å². The molecular formula is C17H20F2N2. The molecule has 112 valence electrons. The molecule has 0 radical (unpaired) electrons. The van der Waals surface area contributed by atoms with E-state index in [1.54, 1.807) is 24.3 Å². The van der Waals surface area contributed by atoms with Crippen LogP contribution in [0.15, 0.2) is 42.5 Å². The quantitative estimate of drug-likeness (QED) is 0.872. The molecule has 2 nitrogen and oxygen atoms in total. The summed E-state index contributed by atoms with van der Waals surface area (Å²) < 4.78 is 26.4. The highest BCUT2D eigenvalue weighted by atomic mass is 19.1. The van der Waals surface area contributed by atoms with E-state index in [1.165, 1.54) is 18.2 Å². The van der Waals surface area contributed by atoms with Gasteiger partial charge in [-0.3, -0.25) is 0 Å². The lowest BCUT2D eigenvalue weighted by Crippen LogP contribution is -2.20. The molecule has 2 rings (SSSR count). The Morgan fingerprint density at radius 1 is 1.00 bits per heavy atom. The first kappa shape index (κ1) is 15.4. The smallest absolute Gasteiger partial charge is 0.123 e. The molecular weight excluding hydrogens is 270 g/mol. The highest BCUT2D eigenvalue weighted by Gasteiger charge is 2.09. The van der Waals surface area contributed by atoms with Crippen molar-refractivity contribution in [2.45, 2.75) is 20.0 Å². The summed E-state index contributed by atoms with van der Waals surface area (Å²) in [7, 11) is 1.95. The SMILES string of the molecule is CCNCc1cc(F)ccc1N(C)Cc1ccc(F)cc1. The van der Waals surface area contributed by atoms with Gasteiger partial charge < -0.3 is 10.2 Å². The summed E-state index contributed by atoms with van der Waals surface area (Å²) >= 11 is 0. The van der Waals surface area contributed by atoms with Crippen molar-refractivity contribution in [2.75, 3.05) is 18.5 Å². The van der Waals surface area contributed by atoms with Gasteiger partial charge in [0.25, 0.3) is 0 Å². The summed E-state index contributed by atoms with van der Waals surface area (Å²) in [4.78, 5) is 2.04. The number of benzene rings is 2. The molecule has 0 saturated carbocycles. The van der Waals surface area contributed by atoms with Crippen molar-refractivity contribution in [3.8, 4) is 0 Å². The van der Waals surface area contributed by atoms with Crippen LogP contribution in [0, 0.1) is 11.6 Å². The van der Waals surface area contributed by atoms with Crippen LogP contribution >= 0.6 is 0 Å². The van der Waals surface area contributed by atoms with E-state index >= 15 is 0 Å². The Hall–Kier alpha value is -1.94. The summed E-state index contributed by atoms with van der Waals surface area (Å²) in [6.07, 6.45) is 0. The van der Waals surface area contributed by atoms with E-state index in [0.29, 0.717) is 13.1 Å². The number of anilines is 1. The van der Waals surface area contributed by atoms with Crippen LogP contribution in [-0.2, 0) is 13.1 Å². The largest absolute Gasteiger partial charge is 0.370 e. The van der Waals surface area contributed by atoms with E-state index in [4.69, 9.17) is 0 Å². The Morgan fingerprint density at radius 3 is 2.33 bits per heavy atom. The Labute approximate surface area is 124 Å². The first-order valence-corrected chi connectivity index (χ1v) is 7.05. The summed E-state index contributed by atoms with van der Waals surface area (Å²) in [6, 6.07) is 11.2. The standard InChI is InChI=1S/C17H20F2N2/c1-3-20-11-14-10-16(19)8-9-17(14)21(2)12-13-4-6-15(18)7-5-13/h4-10,20H,3,11-12H2,1-2H3. The lowest BCUT2D eigenvalue weighted by atomic mass is 10.1. The number of nitrogens with one attached hydrogen (secondary N) is 1. The predicted molar refractivity (Wildman–Crippen MR) is 82.3 cm³/mol. The molecule has 0 bridgehead atoms. The van der Waals surface area contributed by atoms with Crippen molar-refractivity contribution in [3.63, 3.8) is 0 Å². The van der Waals surface area contributed by atoms with Crippen LogP contribution in [0.25, 0.3) is 0 Å². The van der Waals surface area contributed by atoms with Crippen LogP contribution < -0.4 is 10.2 Å². The summed E-state index contributed by atoms with van der Waals surface area (Å²) in [5.74, 6) is -0.474. The van der Waals surface area contributed by atoms with Crippen LogP contribution in [0.2, 0.25) is 0 Å². The average Bonchev–Trinajstić information content (AvgIpc) is 2.47. The van der Waals surface area contributed by atoms with Gasteiger partial charge in [-0.25, -0.2) is 8.78 Å². The second-order valence-corrected chi connectivity index (χ2v) is 5.04. The lowest BCUT2D eigenvalue weighted by molar-refractivity contribution is 0.621. The lowest BCUT2D eigenvalue weighted by Gasteiger charge is -2.23. The van der Waals surface area contributed by atoms with Gasteiger partial charge in [-0.05, 0) is 48.0 Å². The molecule has 2 aromatic rings. The van der Waals surface area contributed by atoms with Crippen LogP contribution in [-0.4, -0.2) is 13.6 Å². The number of halogens is 2. The maximum absolute atomic E-state index is 13.4. The van der Waals surface area contributed by atoms with Gasteiger partial charge in [0.15, 0.2) is 0 Å². The van der Waals surface area contributed by atoms with Gasteiger partial charge in [-0.15, -0.1) is 0 Å². The maximum Gasteiger partial charge on any atom is 0.123 e. The third kappa shape index (κ3) is 4.26. The van der Waals surface area contributed by atoms with Crippen molar-refractivity contribution in [3.05, 3.63) is 65.2 Å². The molecule has 21 heavy (non-hydrogen) atoms. The van der Waals surface area contributed by atoms with Gasteiger partial charge in [0.05, 0.1) is 0 Å². The highest BCUT2D eigenvalue weighted by Crippen LogP contribution is 2.22. The molecule has 0 amide bonds. The third-order valence-electron chi connectivity index (χ3n) is 3.35. The second-order valence-electron chi connectivity index (χ2n) is 5.04. The fraction of sp³-hybridized carbons (Fsp3) is 0.294. The highest BCUT2D eigenvalue weighted by molar-refractivity contribution is 5.53. The zero-order valence-electron chi connectivity index (χ0n) is 12.4. The molecule has 0 aliphatic carbocycles. The minimum absolute atomic E-state index is 0.234. The molecule has 0 unspecified atom stereocenters. The second kappa shape index (κ2) is 7.18. The van der Waals surface area contributed by atoms with Crippen molar-refractivity contribution < 1.29 is 8.78 Å². The number of hydrogen-bond donors (Lipinski definition) is 1. The monoisotopic (exact) mass is 290 g/mol. The van der Waals surface area contributed by atoms with E-state index < -0.39 is 0 Å². The molecule has 0 aliphatic heterocycles. The first-order chi connectivity index (χ1) is 10.1. The zero-order valence-corrected chi connectivity index (χ0v) is 12.4. The molecule has 0 aliphatic rings. The summed E-state index contributed by atoms with van der Waals surface area (Å²) in [5, 5.41) is 3.22. The number of rotatable bonds is 6. The summed E-state index contributed by atoms with van der Waals surface area (Å²) in [6.45, 7) is 4.11. The Kier molecular flexibility index (Phi) is 5.28. The van der Waals surface area contributed by atoms with E-state index in [0.717, 1.165) is 23.4 Å². The van der Waals surface area contributed by atoms with Gasteiger partial charge in [-0.1, -0.05) is 19.1 Å². The molecule has 1 N–H and O–H groups in total. The zero-order chi connectivity index (χ0) is 15.2. The summed E-state index contributed by atoms with van der Waals surface area (Å²) in [5.41, 5.74) is 2.90. The Balaban J connectivity index is 2.17. The normalized spacial score (nSPS) is 10.7. The van der Waals surface area contributed by atoms with Crippen LogP contribution in [0.4, 0.5) is 14.5 Å². The topological polar surface area (TPSA) is 15.3 Å².